The van der Waals surface area contributed by atoms with Crippen LogP contribution in [0.1, 0.15) is 5.56 Å². The smallest absolute Gasteiger partial charge is 0.259 e. The van der Waals surface area contributed by atoms with Crippen LogP contribution < -0.4 is 10.7 Å². The van der Waals surface area contributed by atoms with Gasteiger partial charge in [-0.1, -0.05) is 65.7 Å². The molecule has 1 amide bonds. The highest BCUT2D eigenvalue weighted by molar-refractivity contribution is 6.38. The van der Waals surface area contributed by atoms with Crippen LogP contribution in [0.15, 0.2) is 65.8 Å². The van der Waals surface area contributed by atoms with E-state index in [0.29, 0.717) is 15.6 Å². The SMILES string of the molecule is O=C(CNc1cccc2ccccc12)NN=Cc1c(Cl)cccc1Cl. The third kappa shape index (κ3) is 4.29. The van der Waals surface area contributed by atoms with Gasteiger partial charge in [-0.25, -0.2) is 5.43 Å². The van der Waals surface area contributed by atoms with Crippen LogP contribution in [0, 0.1) is 0 Å². The predicted molar refractivity (Wildman–Crippen MR) is 105 cm³/mol. The van der Waals surface area contributed by atoms with Crippen molar-refractivity contribution in [1.29, 1.82) is 0 Å². The highest BCUT2D eigenvalue weighted by Crippen LogP contribution is 2.23. The second kappa shape index (κ2) is 8.01. The summed E-state index contributed by atoms with van der Waals surface area (Å²) in [5.74, 6) is -0.271. The topological polar surface area (TPSA) is 53.5 Å². The van der Waals surface area contributed by atoms with Crippen molar-refractivity contribution >= 4 is 51.8 Å². The lowest BCUT2D eigenvalue weighted by Gasteiger charge is -2.08. The maximum absolute atomic E-state index is 12.0. The van der Waals surface area contributed by atoms with E-state index >= 15 is 0 Å². The van der Waals surface area contributed by atoms with Crippen LogP contribution in [-0.2, 0) is 4.79 Å². The number of carbonyl (C=O) groups excluding carboxylic acids is 1. The summed E-state index contributed by atoms with van der Waals surface area (Å²) in [4.78, 5) is 12.0. The number of nitrogens with zero attached hydrogens (tertiary/aromatic N) is 1. The number of nitrogens with one attached hydrogen (secondary N) is 2. The fourth-order valence-corrected chi connectivity index (χ4v) is 2.89. The van der Waals surface area contributed by atoms with Crippen molar-refractivity contribution in [3.8, 4) is 0 Å². The summed E-state index contributed by atoms with van der Waals surface area (Å²) in [5, 5.41) is 10.1. The number of rotatable bonds is 5. The highest BCUT2D eigenvalue weighted by Gasteiger charge is 2.04. The maximum atomic E-state index is 12.0. The molecule has 0 aromatic heterocycles. The normalized spacial score (nSPS) is 11.0. The van der Waals surface area contributed by atoms with Gasteiger partial charge in [-0.2, -0.15) is 5.10 Å². The monoisotopic (exact) mass is 371 g/mol. The van der Waals surface area contributed by atoms with E-state index in [-0.39, 0.29) is 12.5 Å². The van der Waals surface area contributed by atoms with E-state index in [1.165, 1.54) is 6.21 Å². The Kier molecular flexibility index (Phi) is 5.53. The van der Waals surface area contributed by atoms with E-state index in [9.17, 15) is 4.79 Å². The third-order valence-electron chi connectivity index (χ3n) is 3.61. The Balaban J connectivity index is 1.61. The second-order valence-electron chi connectivity index (χ2n) is 5.31. The van der Waals surface area contributed by atoms with Gasteiger partial charge in [0.15, 0.2) is 0 Å². The quantitative estimate of drug-likeness (QED) is 0.504. The van der Waals surface area contributed by atoms with Crippen molar-refractivity contribution in [2.24, 2.45) is 5.10 Å². The number of hydrazone groups is 1. The molecule has 0 atom stereocenters. The first kappa shape index (κ1) is 17.3. The molecule has 0 aliphatic rings. The summed E-state index contributed by atoms with van der Waals surface area (Å²) >= 11 is 12.1. The lowest BCUT2D eigenvalue weighted by atomic mass is 10.1. The number of halogens is 2. The lowest BCUT2D eigenvalue weighted by Crippen LogP contribution is -2.26. The molecule has 0 unspecified atom stereocenters. The minimum atomic E-state index is -0.271. The average Bonchev–Trinajstić information content (AvgIpc) is 2.62. The van der Waals surface area contributed by atoms with Crippen molar-refractivity contribution in [3.63, 3.8) is 0 Å². The summed E-state index contributed by atoms with van der Waals surface area (Å²) in [6.07, 6.45) is 1.43. The van der Waals surface area contributed by atoms with E-state index in [2.05, 4.69) is 15.8 Å². The summed E-state index contributed by atoms with van der Waals surface area (Å²) in [6.45, 7) is 0.0988. The first-order valence-corrected chi connectivity index (χ1v) is 8.38. The highest BCUT2D eigenvalue weighted by atomic mass is 35.5. The third-order valence-corrected chi connectivity index (χ3v) is 4.27. The number of anilines is 1. The number of hydrogen-bond donors (Lipinski definition) is 2. The van der Waals surface area contributed by atoms with E-state index in [0.717, 1.165) is 16.5 Å². The Labute approximate surface area is 155 Å². The fourth-order valence-electron chi connectivity index (χ4n) is 2.40. The van der Waals surface area contributed by atoms with Crippen LogP contribution in [-0.4, -0.2) is 18.7 Å². The molecular formula is C19H15Cl2N3O. The van der Waals surface area contributed by atoms with Gasteiger partial charge in [0.25, 0.3) is 5.91 Å². The van der Waals surface area contributed by atoms with Crippen LogP contribution >= 0.6 is 23.2 Å². The Bertz CT molecular complexity index is 915. The standard InChI is InChI=1S/C19H15Cl2N3O/c20-16-8-4-9-17(21)15(16)11-23-24-19(25)12-22-18-10-3-6-13-5-1-2-7-14(13)18/h1-11,22H,12H2,(H,24,25). The van der Waals surface area contributed by atoms with Gasteiger partial charge in [-0.15, -0.1) is 0 Å². The Morgan fingerprint density at radius 3 is 2.44 bits per heavy atom. The van der Waals surface area contributed by atoms with Crippen LogP contribution in [0.2, 0.25) is 10.0 Å². The van der Waals surface area contributed by atoms with Crippen LogP contribution in [0.25, 0.3) is 10.8 Å². The first-order valence-electron chi connectivity index (χ1n) is 7.63. The Morgan fingerprint density at radius 1 is 0.960 bits per heavy atom. The van der Waals surface area contributed by atoms with Crippen molar-refractivity contribution < 1.29 is 4.79 Å². The van der Waals surface area contributed by atoms with Crippen molar-refractivity contribution in [1.82, 2.24) is 5.43 Å². The van der Waals surface area contributed by atoms with Gasteiger partial charge in [-0.05, 0) is 23.6 Å². The maximum Gasteiger partial charge on any atom is 0.259 e. The zero-order valence-corrected chi connectivity index (χ0v) is 14.7. The molecule has 0 saturated carbocycles. The minimum Gasteiger partial charge on any atom is -0.376 e. The van der Waals surface area contributed by atoms with Crippen molar-refractivity contribution in [3.05, 3.63) is 76.3 Å². The van der Waals surface area contributed by atoms with Crippen LogP contribution in [0.4, 0.5) is 5.69 Å². The van der Waals surface area contributed by atoms with Gasteiger partial charge in [0.05, 0.1) is 22.8 Å². The molecule has 0 fully saturated rings. The molecule has 0 aliphatic carbocycles. The van der Waals surface area contributed by atoms with Crippen LogP contribution in [0.5, 0.6) is 0 Å². The van der Waals surface area contributed by atoms with E-state index in [1.807, 2.05) is 42.5 Å². The molecule has 0 radical (unpaired) electrons. The first-order chi connectivity index (χ1) is 12.1. The molecule has 6 heteroatoms. The van der Waals surface area contributed by atoms with Crippen LogP contribution in [0.3, 0.4) is 0 Å². The van der Waals surface area contributed by atoms with Gasteiger partial charge >= 0.3 is 0 Å². The molecule has 3 aromatic carbocycles. The number of hydrogen-bond acceptors (Lipinski definition) is 3. The summed E-state index contributed by atoms with van der Waals surface area (Å²) in [6, 6.07) is 19.0. The largest absolute Gasteiger partial charge is 0.376 e. The summed E-state index contributed by atoms with van der Waals surface area (Å²) in [7, 11) is 0. The zero-order chi connectivity index (χ0) is 17.6. The van der Waals surface area contributed by atoms with E-state index in [1.54, 1.807) is 18.2 Å². The molecule has 2 N–H and O–H groups in total. The molecule has 0 aliphatic heterocycles. The predicted octanol–water partition coefficient (Wildman–Crippen LogP) is 4.71. The van der Waals surface area contributed by atoms with Gasteiger partial charge in [0, 0.05) is 16.6 Å². The summed E-state index contributed by atoms with van der Waals surface area (Å²) in [5.41, 5.74) is 3.91. The van der Waals surface area contributed by atoms with Crippen molar-refractivity contribution in [2.75, 3.05) is 11.9 Å². The molecule has 0 heterocycles. The summed E-state index contributed by atoms with van der Waals surface area (Å²) < 4.78 is 0. The molecular weight excluding hydrogens is 357 g/mol. The number of fused-ring (bicyclic) bond motifs is 1. The van der Waals surface area contributed by atoms with Gasteiger partial charge in [-0.3, -0.25) is 4.79 Å². The Hall–Kier alpha value is -2.56. The molecule has 126 valence electrons. The van der Waals surface area contributed by atoms with Gasteiger partial charge in [0.1, 0.15) is 0 Å². The fraction of sp³-hybridized carbons (Fsp3) is 0.0526. The molecule has 0 saturated heterocycles. The Morgan fingerprint density at radius 2 is 1.64 bits per heavy atom. The molecule has 0 spiro atoms. The molecule has 0 bridgehead atoms. The zero-order valence-electron chi connectivity index (χ0n) is 13.2. The number of benzene rings is 3. The minimum absolute atomic E-state index is 0.0988. The van der Waals surface area contributed by atoms with Crippen molar-refractivity contribution in [2.45, 2.75) is 0 Å². The van der Waals surface area contributed by atoms with E-state index < -0.39 is 0 Å². The molecule has 3 rings (SSSR count). The number of amides is 1. The molecule has 3 aromatic rings. The molecule has 4 nitrogen and oxygen atoms in total. The average molecular weight is 372 g/mol. The van der Waals surface area contributed by atoms with E-state index in [4.69, 9.17) is 23.2 Å². The molecule has 25 heavy (non-hydrogen) atoms. The number of carbonyl (C=O) groups is 1. The van der Waals surface area contributed by atoms with Gasteiger partial charge in [0.2, 0.25) is 0 Å². The van der Waals surface area contributed by atoms with Gasteiger partial charge < -0.3 is 5.32 Å². The lowest BCUT2D eigenvalue weighted by molar-refractivity contribution is -0.119. The second-order valence-corrected chi connectivity index (χ2v) is 6.12.